The van der Waals surface area contributed by atoms with Crippen molar-refractivity contribution in [3.05, 3.63) is 83.3 Å². The van der Waals surface area contributed by atoms with Crippen LogP contribution in [0.15, 0.2) is 60.1 Å². The number of amidine groups is 1. The number of hydrogen-bond acceptors (Lipinski definition) is 8. The van der Waals surface area contributed by atoms with E-state index in [2.05, 4.69) is 19.9 Å². The lowest BCUT2D eigenvalue weighted by atomic mass is 9.91. The first-order valence-electron chi connectivity index (χ1n) is 11.0. The number of nitrogens with two attached hydrogens (primary N) is 1. The van der Waals surface area contributed by atoms with Crippen molar-refractivity contribution in [2.75, 3.05) is 5.75 Å². The predicted molar refractivity (Wildman–Crippen MR) is 133 cm³/mol. The Morgan fingerprint density at radius 1 is 1.14 bits per heavy atom. The predicted octanol–water partition coefficient (Wildman–Crippen LogP) is 3.84. The van der Waals surface area contributed by atoms with E-state index in [1.165, 1.54) is 45.3 Å². The number of rotatable bonds is 6. The van der Waals surface area contributed by atoms with Crippen molar-refractivity contribution < 1.29 is 21.9 Å². The van der Waals surface area contributed by atoms with E-state index in [0.717, 1.165) is 17.7 Å². The lowest BCUT2D eigenvalue weighted by molar-refractivity contribution is 0.292. The number of pyridine rings is 1. The molecule has 0 fully saturated rings. The van der Waals surface area contributed by atoms with Crippen molar-refractivity contribution in [2.24, 2.45) is 10.7 Å². The van der Waals surface area contributed by atoms with Crippen LogP contribution in [-0.2, 0) is 22.0 Å². The maximum atomic E-state index is 14.9. The molecule has 0 saturated heterocycles. The molecule has 4 rings (SSSR count). The Labute approximate surface area is 207 Å². The van der Waals surface area contributed by atoms with Crippen LogP contribution in [0.25, 0.3) is 11.9 Å². The maximum absolute atomic E-state index is 14.9. The summed E-state index contributed by atoms with van der Waals surface area (Å²) in [5.74, 6) is -1.71. The van der Waals surface area contributed by atoms with Gasteiger partial charge in [0.1, 0.15) is 34.2 Å². The number of benzene rings is 1. The molecular weight excluding hydrogens is 488 g/mol. The van der Waals surface area contributed by atoms with Crippen molar-refractivity contribution in [3.63, 3.8) is 0 Å². The van der Waals surface area contributed by atoms with Gasteiger partial charge < -0.3 is 10.5 Å². The van der Waals surface area contributed by atoms with Crippen molar-refractivity contribution >= 4 is 27.6 Å². The molecule has 1 aliphatic rings. The van der Waals surface area contributed by atoms with Gasteiger partial charge in [0.15, 0.2) is 15.7 Å². The van der Waals surface area contributed by atoms with E-state index in [1.807, 2.05) is 0 Å². The standard InChI is InChI=1S/C25H25F2N5O3S/c1-24(2)23(28)32-25(3,15-36(24,33)34)18-10-17(4-5-19(18)26)11-20(27)21-12-31-22(13-30-21)35-14-16-6-8-29-9-7-16/h4-13H,14-15H2,1-3H3,(H2,28,32)/b20-11-/t25-/m0/s1. The Balaban J connectivity index is 1.57. The van der Waals surface area contributed by atoms with Crippen LogP contribution in [0.1, 0.15) is 43.2 Å². The summed E-state index contributed by atoms with van der Waals surface area (Å²) < 4.78 is 59.6. The van der Waals surface area contributed by atoms with Crippen molar-refractivity contribution in [2.45, 2.75) is 37.7 Å². The SMILES string of the molecule is CC1(C)C(N)=N[C@](C)(c2cc(/C=C(\F)c3cnc(OCc4ccncc4)cn3)ccc2F)CS1(=O)=O. The van der Waals surface area contributed by atoms with Gasteiger partial charge in [0.25, 0.3) is 0 Å². The van der Waals surface area contributed by atoms with E-state index in [1.54, 1.807) is 24.5 Å². The molecule has 2 N–H and O–H groups in total. The highest BCUT2D eigenvalue weighted by Gasteiger charge is 2.49. The van der Waals surface area contributed by atoms with E-state index in [4.69, 9.17) is 10.5 Å². The number of sulfone groups is 1. The molecule has 3 aromatic rings. The lowest BCUT2D eigenvalue weighted by Gasteiger charge is -2.38. The van der Waals surface area contributed by atoms with E-state index in [-0.39, 0.29) is 29.6 Å². The molecule has 36 heavy (non-hydrogen) atoms. The van der Waals surface area contributed by atoms with Gasteiger partial charge in [-0.3, -0.25) is 9.98 Å². The summed E-state index contributed by atoms with van der Waals surface area (Å²) >= 11 is 0. The van der Waals surface area contributed by atoms with E-state index >= 15 is 0 Å². The number of aromatic nitrogens is 3. The topological polar surface area (TPSA) is 120 Å². The first-order chi connectivity index (χ1) is 16.9. The Hall–Kier alpha value is -3.73. The second kappa shape index (κ2) is 9.38. The first kappa shape index (κ1) is 25.4. The van der Waals surface area contributed by atoms with Crippen LogP contribution in [0.4, 0.5) is 8.78 Å². The molecule has 8 nitrogen and oxygen atoms in total. The molecule has 0 spiro atoms. The minimum absolute atomic E-state index is 0.00276. The van der Waals surface area contributed by atoms with Crippen LogP contribution >= 0.6 is 0 Å². The largest absolute Gasteiger partial charge is 0.472 e. The van der Waals surface area contributed by atoms with Gasteiger partial charge in [-0.05, 0) is 62.2 Å². The Bertz CT molecular complexity index is 1440. The van der Waals surface area contributed by atoms with Gasteiger partial charge in [-0.1, -0.05) is 6.07 Å². The zero-order valence-electron chi connectivity index (χ0n) is 19.9. The van der Waals surface area contributed by atoms with Crippen LogP contribution in [0.5, 0.6) is 5.88 Å². The molecule has 0 saturated carbocycles. The second-order valence-electron chi connectivity index (χ2n) is 9.16. The van der Waals surface area contributed by atoms with E-state index in [9.17, 15) is 17.2 Å². The van der Waals surface area contributed by atoms with Crippen LogP contribution in [-0.4, -0.2) is 39.7 Å². The molecular formula is C25H25F2N5O3S. The molecule has 11 heteroatoms. The van der Waals surface area contributed by atoms with Crippen LogP contribution in [0.2, 0.25) is 0 Å². The summed E-state index contributed by atoms with van der Waals surface area (Å²) in [6, 6.07) is 7.46. The highest BCUT2D eigenvalue weighted by Crippen LogP contribution is 2.38. The maximum Gasteiger partial charge on any atom is 0.232 e. The van der Waals surface area contributed by atoms with Gasteiger partial charge in [-0.2, -0.15) is 0 Å². The van der Waals surface area contributed by atoms with Gasteiger partial charge >= 0.3 is 0 Å². The fourth-order valence-corrected chi connectivity index (χ4v) is 5.38. The minimum atomic E-state index is -3.73. The van der Waals surface area contributed by atoms with E-state index in [0.29, 0.717) is 5.56 Å². The van der Waals surface area contributed by atoms with Gasteiger partial charge in [0.2, 0.25) is 5.88 Å². The molecule has 1 aliphatic heterocycles. The van der Waals surface area contributed by atoms with Crippen molar-refractivity contribution in [1.82, 2.24) is 15.0 Å². The highest BCUT2D eigenvalue weighted by atomic mass is 32.2. The third-order valence-electron chi connectivity index (χ3n) is 6.11. The quantitative estimate of drug-likeness (QED) is 0.532. The Kier molecular flexibility index (Phi) is 6.61. The van der Waals surface area contributed by atoms with Gasteiger partial charge in [0, 0.05) is 18.0 Å². The van der Waals surface area contributed by atoms with Crippen LogP contribution < -0.4 is 10.5 Å². The highest BCUT2D eigenvalue weighted by molar-refractivity contribution is 7.93. The molecule has 0 unspecified atom stereocenters. The average Bonchev–Trinajstić information content (AvgIpc) is 2.83. The first-order valence-corrected chi connectivity index (χ1v) is 12.7. The molecule has 0 radical (unpaired) electrons. The Morgan fingerprint density at radius 2 is 1.86 bits per heavy atom. The molecule has 0 bridgehead atoms. The molecule has 1 aromatic carbocycles. The van der Waals surface area contributed by atoms with Crippen LogP contribution in [0.3, 0.4) is 0 Å². The molecule has 1 atom stereocenters. The summed E-state index contributed by atoms with van der Waals surface area (Å²) in [7, 11) is -3.73. The fourth-order valence-electron chi connectivity index (χ4n) is 3.70. The van der Waals surface area contributed by atoms with Gasteiger partial charge in [0.05, 0.1) is 18.1 Å². The van der Waals surface area contributed by atoms with E-state index < -0.39 is 37.5 Å². The van der Waals surface area contributed by atoms with Gasteiger partial charge in [-0.25, -0.2) is 27.2 Å². The summed E-state index contributed by atoms with van der Waals surface area (Å²) in [6.07, 6.45) is 6.96. The zero-order valence-corrected chi connectivity index (χ0v) is 20.8. The van der Waals surface area contributed by atoms with Crippen molar-refractivity contribution in [1.29, 1.82) is 0 Å². The summed E-state index contributed by atoms with van der Waals surface area (Å²) in [5.41, 5.74) is 5.63. The molecule has 0 aliphatic carbocycles. The summed E-state index contributed by atoms with van der Waals surface area (Å²) in [6.45, 7) is 4.67. The fraction of sp³-hybridized carbons (Fsp3) is 0.280. The van der Waals surface area contributed by atoms with Crippen LogP contribution in [0, 0.1) is 5.82 Å². The number of ether oxygens (including phenoxy) is 1. The average molecular weight is 514 g/mol. The summed E-state index contributed by atoms with van der Waals surface area (Å²) in [5, 5.41) is 0. The number of aliphatic imine (C=N–C) groups is 1. The van der Waals surface area contributed by atoms with Gasteiger partial charge in [-0.15, -0.1) is 0 Å². The molecule has 3 heterocycles. The molecule has 188 valence electrons. The molecule has 0 amide bonds. The zero-order chi connectivity index (χ0) is 26.1. The number of nitrogens with zero attached hydrogens (tertiary/aromatic N) is 4. The Morgan fingerprint density at radius 3 is 2.50 bits per heavy atom. The van der Waals surface area contributed by atoms with Crippen molar-refractivity contribution in [3.8, 4) is 5.88 Å². The third-order valence-corrected chi connectivity index (χ3v) is 8.81. The number of halogens is 2. The monoisotopic (exact) mass is 513 g/mol. The normalized spacial score (nSPS) is 21.0. The molecule has 2 aromatic heterocycles. The summed E-state index contributed by atoms with van der Waals surface area (Å²) in [4.78, 5) is 16.4. The number of hydrogen-bond donors (Lipinski definition) is 1. The lowest BCUT2D eigenvalue weighted by Crippen LogP contribution is -2.55. The third kappa shape index (κ3) is 4.97. The second-order valence-corrected chi connectivity index (χ2v) is 11.7. The smallest absolute Gasteiger partial charge is 0.232 e. The minimum Gasteiger partial charge on any atom is -0.472 e.